The largest absolute Gasteiger partial charge is 0.344 e. The van der Waals surface area contributed by atoms with Gasteiger partial charge in [0.2, 0.25) is 0 Å². The summed E-state index contributed by atoms with van der Waals surface area (Å²) in [5, 5.41) is 1.68. The first-order valence-electron chi connectivity index (χ1n) is 8.63. The third-order valence-electron chi connectivity index (χ3n) is 6.29. The Morgan fingerprint density at radius 2 is 1.86 bits per heavy atom. The minimum Gasteiger partial charge on any atom is -0.320 e. The predicted octanol–water partition coefficient (Wildman–Crippen LogP) is 3.06. The van der Waals surface area contributed by atoms with Gasteiger partial charge in [0.1, 0.15) is 0 Å². The van der Waals surface area contributed by atoms with Gasteiger partial charge in [-0.25, -0.2) is 4.79 Å². The number of carbonyl (C=O) groups is 1. The molecule has 2 aliphatic carbocycles. The van der Waals surface area contributed by atoms with E-state index in [0.717, 1.165) is 30.8 Å². The molecule has 4 heteroatoms. The quantitative estimate of drug-likeness (QED) is 0.748. The van der Waals surface area contributed by atoms with Crippen molar-refractivity contribution in [3.05, 3.63) is 12.7 Å². The predicted molar refractivity (Wildman–Crippen MR) is 80.4 cm³/mol. The number of carbonyl (C=O) groups excluding carboxylic acids is 1. The van der Waals surface area contributed by atoms with Crippen LogP contribution in [0, 0.1) is 23.7 Å². The maximum atomic E-state index is 12.4. The Hall–Kier alpha value is -1.03. The number of piperidine rings is 1. The SMILES string of the molecule is C=CCON1C(=O)N2CC3C4CCCCCCC4[C@H]3C1C2. The Kier molecular flexibility index (Phi) is 3.44. The third kappa shape index (κ3) is 2.02. The Balaban J connectivity index is 1.54. The van der Waals surface area contributed by atoms with Crippen LogP contribution in [0.3, 0.4) is 0 Å². The fourth-order valence-corrected chi connectivity index (χ4v) is 5.46. The molecule has 4 fully saturated rings. The van der Waals surface area contributed by atoms with Gasteiger partial charge in [0, 0.05) is 13.1 Å². The van der Waals surface area contributed by atoms with E-state index in [9.17, 15) is 4.79 Å². The Labute approximate surface area is 127 Å². The van der Waals surface area contributed by atoms with Crippen molar-refractivity contribution < 1.29 is 9.63 Å². The Bertz CT molecular complexity index is 439. The maximum absolute atomic E-state index is 12.4. The fraction of sp³-hybridized carbons (Fsp3) is 0.824. The average Bonchev–Trinajstić information content (AvgIpc) is 2.71. The second kappa shape index (κ2) is 5.31. The minimum absolute atomic E-state index is 0.0867. The van der Waals surface area contributed by atoms with Gasteiger partial charge in [-0.3, -0.25) is 4.84 Å². The highest BCUT2D eigenvalue weighted by atomic mass is 16.7. The van der Waals surface area contributed by atoms with E-state index in [1.807, 2.05) is 4.90 Å². The molecule has 0 aromatic heterocycles. The molecule has 0 aromatic carbocycles. The van der Waals surface area contributed by atoms with Gasteiger partial charge in [-0.05, 0) is 36.5 Å². The molecular formula is C17H26N2O2. The zero-order valence-corrected chi connectivity index (χ0v) is 12.7. The molecule has 4 aliphatic rings. The van der Waals surface area contributed by atoms with Crippen LogP contribution in [0.15, 0.2) is 12.7 Å². The molecule has 0 radical (unpaired) electrons. The number of hydrogen-bond acceptors (Lipinski definition) is 2. The number of urea groups is 1. The fourth-order valence-electron chi connectivity index (χ4n) is 5.46. The highest BCUT2D eigenvalue weighted by Crippen LogP contribution is 2.57. The second-order valence-electron chi connectivity index (χ2n) is 7.23. The molecular weight excluding hydrogens is 264 g/mol. The lowest BCUT2D eigenvalue weighted by Gasteiger charge is -2.58. The van der Waals surface area contributed by atoms with Crippen LogP contribution in [-0.4, -0.2) is 41.7 Å². The molecule has 0 N–H and O–H groups in total. The molecule has 0 aromatic rings. The van der Waals surface area contributed by atoms with E-state index >= 15 is 0 Å². The third-order valence-corrected chi connectivity index (χ3v) is 6.29. The number of amides is 2. The number of nitrogens with zero attached hydrogens (tertiary/aromatic N) is 2. The van der Waals surface area contributed by atoms with Gasteiger partial charge in [-0.2, -0.15) is 5.06 Å². The highest BCUT2D eigenvalue weighted by Gasteiger charge is 2.61. The first kappa shape index (κ1) is 13.6. The van der Waals surface area contributed by atoms with Gasteiger partial charge >= 0.3 is 6.03 Å². The van der Waals surface area contributed by atoms with Gasteiger partial charge in [0.15, 0.2) is 0 Å². The van der Waals surface area contributed by atoms with Crippen molar-refractivity contribution in [1.82, 2.24) is 9.96 Å². The van der Waals surface area contributed by atoms with Crippen molar-refractivity contribution in [3.63, 3.8) is 0 Å². The molecule has 2 amide bonds. The molecule has 4 rings (SSSR count). The summed E-state index contributed by atoms with van der Waals surface area (Å²) in [6.07, 6.45) is 10.0. The van der Waals surface area contributed by atoms with Gasteiger partial charge in [-0.15, -0.1) is 6.58 Å². The molecule has 4 nitrogen and oxygen atoms in total. The van der Waals surface area contributed by atoms with Crippen LogP contribution < -0.4 is 0 Å². The van der Waals surface area contributed by atoms with E-state index in [2.05, 4.69) is 6.58 Å². The van der Waals surface area contributed by atoms with Crippen molar-refractivity contribution in [1.29, 1.82) is 0 Å². The normalized spacial score (nSPS) is 41.7. The molecule has 2 bridgehead atoms. The lowest BCUT2D eigenvalue weighted by atomic mass is 9.50. The Morgan fingerprint density at radius 1 is 1.10 bits per heavy atom. The molecule has 2 heterocycles. The van der Waals surface area contributed by atoms with E-state index in [1.165, 1.54) is 38.5 Å². The summed E-state index contributed by atoms with van der Waals surface area (Å²) in [5.41, 5.74) is 0. The number of fused-ring (bicyclic) bond motifs is 7. The number of rotatable bonds is 3. The van der Waals surface area contributed by atoms with Crippen molar-refractivity contribution in [2.75, 3.05) is 19.7 Å². The smallest absolute Gasteiger partial charge is 0.320 e. The average molecular weight is 290 g/mol. The van der Waals surface area contributed by atoms with E-state index in [0.29, 0.717) is 12.5 Å². The molecule has 4 unspecified atom stereocenters. The molecule has 21 heavy (non-hydrogen) atoms. The summed E-state index contributed by atoms with van der Waals surface area (Å²) in [4.78, 5) is 20.2. The molecule has 2 aliphatic heterocycles. The zero-order chi connectivity index (χ0) is 14.4. The highest BCUT2D eigenvalue weighted by molar-refractivity contribution is 5.76. The Morgan fingerprint density at radius 3 is 2.62 bits per heavy atom. The van der Waals surface area contributed by atoms with Crippen molar-refractivity contribution in [2.45, 2.75) is 44.6 Å². The van der Waals surface area contributed by atoms with Crippen LogP contribution in [0.25, 0.3) is 0 Å². The summed E-state index contributed by atoms with van der Waals surface area (Å²) >= 11 is 0. The van der Waals surface area contributed by atoms with Crippen LogP contribution in [0.5, 0.6) is 0 Å². The molecule has 2 saturated heterocycles. The van der Waals surface area contributed by atoms with E-state index in [4.69, 9.17) is 4.84 Å². The van der Waals surface area contributed by atoms with Crippen LogP contribution in [0.1, 0.15) is 38.5 Å². The molecule has 2 saturated carbocycles. The van der Waals surface area contributed by atoms with Gasteiger partial charge in [-0.1, -0.05) is 31.8 Å². The summed E-state index contributed by atoms with van der Waals surface area (Å²) in [6.45, 7) is 5.97. The first-order chi connectivity index (χ1) is 10.3. The molecule has 116 valence electrons. The first-order valence-corrected chi connectivity index (χ1v) is 8.63. The van der Waals surface area contributed by atoms with Crippen LogP contribution in [0.4, 0.5) is 4.79 Å². The zero-order valence-electron chi connectivity index (χ0n) is 12.7. The summed E-state index contributed by atoms with van der Waals surface area (Å²) in [5.74, 6) is 3.12. The van der Waals surface area contributed by atoms with Gasteiger partial charge < -0.3 is 4.90 Å². The van der Waals surface area contributed by atoms with Crippen LogP contribution >= 0.6 is 0 Å². The van der Waals surface area contributed by atoms with Crippen molar-refractivity contribution in [2.24, 2.45) is 23.7 Å². The van der Waals surface area contributed by atoms with Gasteiger partial charge in [0.25, 0.3) is 0 Å². The maximum Gasteiger partial charge on any atom is 0.344 e. The van der Waals surface area contributed by atoms with Gasteiger partial charge in [0.05, 0.1) is 12.6 Å². The van der Waals surface area contributed by atoms with Crippen molar-refractivity contribution in [3.8, 4) is 0 Å². The standard InChI is InChI=1S/C17H26N2O2/c1-2-9-21-19-15-11-18(17(19)20)10-14-12-7-5-3-4-6-8-13(12)16(14)15/h2,12-16H,1,3-11H2/t12?,13?,14?,15?,16-/m1/s1. The van der Waals surface area contributed by atoms with Crippen LogP contribution in [-0.2, 0) is 4.84 Å². The number of hydroxylamine groups is 2. The lowest BCUT2D eigenvalue weighted by Crippen LogP contribution is -2.60. The molecule has 0 spiro atoms. The summed E-state index contributed by atoms with van der Waals surface area (Å²) < 4.78 is 0. The van der Waals surface area contributed by atoms with E-state index in [1.54, 1.807) is 11.1 Å². The second-order valence-corrected chi connectivity index (χ2v) is 7.23. The van der Waals surface area contributed by atoms with E-state index < -0.39 is 0 Å². The summed E-state index contributed by atoms with van der Waals surface area (Å²) in [7, 11) is 0. The monoisotopic (exact) mass is 290 g/mol. The lowest BCUT2D eigenvalue weighted by molar-refractivity contribution is -0.174. The minimum atomic E-state index is 0.0867. The number of hydrogen-bond donors (Lipinski definition) is 0. The summed E-state index contributed by atoms with van der Waals surface area (Å²) in [6, 6.07) is 0.375. The topological polar surface area (TPSA) is 32.8 Å². The van der Waals surface area contributed by atoms with Crippen LogP contribution in [0.2, 0.25) is 0 Å². The van der Waals surface area contributed by atoms with E-state index in [-0.39, 0.29) is 12.1 Å². The molecule has 5 atom stereocenters. The van der Waals surface area contributed by atoms with Crippen molar-refractivity contribution >= 4 is 6.03 Å².